The smallest absolute Gasteiger partial charge is 0.282 e. The third-order valence-corrected chi connectivity index (χ3v) is 6.47. The van der Waals surface area contributed by atoms with Gasteiger partial charge in [0.15, 0.2) is 5.82 Å². The van der Waals surface area contributed by atoms with Gasteiger partial charge in [0.1, 0.15) is 0 Å². The van der Waals surface area contributed by atoms with Gasteiger partial charge in [-0.15, -0.1) is 0 Å². The van der Waals surface area contributed by atoms with Gasteiger partial charge in [-0.2, -0.15) is 22.0 Å². The summed E-state index contributed by atoms with van der Waals surface area (Å²) in [5.41, 5.74) is 0. The average molecular weight is 329 g/mol. The summed E-state index contributed by atoms with van der Waals surface area (Å²) < 4.78 is 33.5. The summed E-state index contributed by atoms with van der Waals surface area (Å²) in [4.78, 5) is 6.44. The first kappa shape index (κ1) is 15.9. The van der Waals surface area contributed by atoms with Crippen LogP contribution in [-0.2, 0) is 10.2 Å². The van der Waals surface area contributed by atoms with E-state index in [4.69, 9.17) is 4.52 Å². The molecule has 0 amide bonds. The van der Waals surface area contributed by atoms with E-state index in [9.17, 15) is 8.42 Å². The maximum Gasteiger partial charge on any atom is 0.282 e. The summed E-state index contributed by atoms with van der Waals surface area (Å²) in [6.45, 7) is 7.48. The van der Waals surface area contributed by atoms with Gasteiger partial charge in [0, 0.05) is 39.3 Å². The lowest BCUT2D eigenvalue weighted by atomic mass is 10.2. The van der Waals surface area contributed by atoms with Crippen molar-refractivity contribution in [2.24, 2.45) is 0 Å². The quantitative estimate of drug-likeness (QED) is 0.795. The SMILES string of the molecule is Cc1noc([C@@H](C)N2CCN(S(=O)(=O)N3CCCC3)CC2)n1. The van der Waals surface area contributed by atoms with E-state index >= 15 is 0 Å². The number of nitrogens with zero attached hydrogens (tertiary/aromatic N) is 5. The Hall–Kier alpha value is -1.03. The molecule has 9 heteroatoms. The van der Waals surface area contributed by atoms with Crippen molar-refractivity contribution in [2.45, 2.75) is 32.7 Å². The minimum atomic E-state index is -3.28. The lowest BCUT2D eigenvalue weighted by molar-refractivity contribution is 0.121. The zero-order valence-corrected chi connectivity index (χ0v) is 13.9. The molecule has 2 saturated heterocycles. The Morgan fingerprint density at radius 1 is 1.05 bits per heavy atom. The topological polar surface area (TPSA) is 82.8 Å². The maximum atomic E-state index is 12.5. The van der Waals surface area contributed by atoms with Crippen LogP contribution in [0.1, 0.15) is 37.5 Å². The molecule has 3 heterocycles. The molecule has 0 aromatic carbocycles. The van der Waals surface area contributed by atoms with Crippen molar-refractivity contribution >= 4 is 10.2 Å². The minimum Gasteiger partial charge on any atom is -0.338 e. The summed E-state index contributed by atoms with van der Waals surface area (Å²) in [5.74, 6) is 1.21. The van der Waals surface area contributed by atoms with Crippen molar-refractivity contribution in [3.8, 4) is 0 Å². The zero-order chi connectivity index (χ0) is 15.7. The van der Waals surface area contributed by atoms with E-state index in [1.165, 1.54) is 0 Å². The molecule has 124 valence electrons. The molecule has 22 heavy (non-hydrogen) atoms. The van der Waals surface area contributed by atoms with E-state index in [1.54, 1.807) is 15.5 Å². The molecular formula is C13H23N5O3S. The van der Waals surface area contributed by atoms with Crippen LogP contribution >= 0.6 is 0 Å². The first-order chi connectivity index (χ1) is 10.5. The molecule has 2 aliphatic rings. The molecule has 2 fully saturated rings. The fourth-order valence-electron chi connectivity index (χ4n) is 3.04. The monoisotopic (exact) mass is 329 g/mol. The fraction of sp³-hybridized carbons (Fsp3) is 0.846. The first-order valence-electron chi connectivity index (χ1n) is 7.78. The van der Waals surface area contributed by atoms with Crippen LogP contribution in [0, 0.1) is 6.92 Å². The lowest BCUT2D eigenvalue weighted by Crippen LogP contribution is -2.52. The largest absolute Gasteiger partial charge is 0.338 e. The summed E-state index contributed by atoms with van der Waals surface area (Å²) in [5, 5.41) is 3.81. The predicted molar refractivity (Wildman–Crippen MR) is 80.3 cm³/mol. The van der Waals surface area contributed by atoms with Crippen LogP contribution < -0.4 is 0 Å². The molecule has 0 saturated carbocycles. The Morgan fingerprint density at radius 2 is 1.64 bits per heavy atom. The molecule has 2 aliphatic heterocycles. The van der Waals surface area contributed by atoms with E-state index in [0.717, 1.165) is 12.8 Å². The number of aryl methyl sites for hydroxylation is 1. The first-order valence-corrected chi connectivity index (χ1v) is 9.17. The maximum absolute atomic E-state index is 12.5. The highest BCUT2D eigenvalue weighted by Crippen LogP contribution is 2.23. The van der Waals surface area contributed by atoms with Crippen LogP contribution in [0.5, 0.6) is 0 Å². The van der Waals surface area contributed by atoms with Crippen LogP contribution in [0.4, 0.5) is 0 Å². The van der Waals surface area contributed by atoms with Gasteiger partial charge in [0.05, 0.1) is 6.04 Å². The van der Waals surface area contributed by atoms with Gasteiger partial charge in [0.2, 0.25) is 5.89 Å². The van der Waals surface area contributed by atoms with Gasteiger partial charge in [-0.1, -0.05) is 5.16 Å². The number of piperazine rings is 1. The zero-order valence-electron chi connectivity index (χ0n) is 13.1. The van der Waals surface area contributed by atoms with Gasteiger partial charge in [-0.25, -0.2) is 0 Å². The van der Waals surface area contributed by atoms with Crippen LogP contribution in [-0.4, -0.2) is 71.3 Å². The second kappa shape index (κ2) is 6.23. The Morgan fingerprint density at radius 3 is 2.18 bits per heavy atom. The molecule has 1 atom stereocenters. The standard InChI is InChI=1S/C13H23N5O3S/c1-11(13-14-12(2)15-21-13)16-7-9-18(10-8-16)22(19,20)17-5-3-4-6-17/h11H,3-10H2,1-2H3/t11-/m1/s1. The van der Waals surface area contributed by atoms with Crippen molar-refractivity contribution in [2.75, 3.05) is 39.3 Å². The van der Waals surface area contributed by atoms with E-state index in [2.05, 4.69) is 15.0 Å². The van der Waals surface area contributed by atoms with Crippen LogP contribution in [0.3, 0.4) is 0 Å². The number of hydrogen-bond donors (Lipinski definition) is 0. The summed E-state index contributed by atoms with van der Waals surface area (Å²) in [6, 6.07) is 0.0119. The molecule has 1 aromatic rings. The highest BCUT2D eigenvalue weighted by molar-refractivity contribution is 7.86. The van der Waals surface area contributed by atoms with Crippen molar-refractivity contribution in [1.82, 2.24) is 23.7 Å². The summed E-state index contributed by atoms with van der Waals surface area (Å²) in [6.07, 6.45) is 1.93. The van der Waals surface area contributed by atoms with Crippen molar-refractivity contribution < 1.29 is 12.9 Å². The molecule has 0 aliphatic carbocycles. The normalized spacial score (nSPS) is 23.9. The molecule has 1 aromatic heterocycles. The van der Waals surface area contributed by atoms with Gasteiger partial charge < -0.3 is 4.52 Å². The van der Waals surface area contributed by atoms with Crippen LogP contribution in [0.15, 0.2) is 4.52 Å². The van der Waals surface area contributed by atoms with Crippen LogP contribution in [0.25, 0.3) is 0 Å². The second-order valence-corrected chi connectivity index (χ2v) is 7.83. The number of rotatable bonds is 4. The van der Waals surface area contributed by atoms with Gasteiger partial charge in [-0.05, 0) is 26.7 Å². The number of hydrogen-bond acceptors (Lipinski definition) is 6. The summed E-state index contributed by atoms with van der Waals surface area (Å²) >= 11 is 0. The van der Waals surface area contributed by atoms with Crippen molar-refractivity contribution in [3.63, 3.8) is 0 Å². The molecule has 0 N–H and O–H groups in total. The van der Waals surface area contributed by atoms with Crippen molar-refractivity contribution in [1.29, 1.82) is 0 Å². The lowest BCUT2D eigenvalue weighted by Gasteiger charge is -2.37. The molecule has 8 nitrogen and oxygen atoms in total. The van der Waals surface area contributed by atoms with Crippen molar-refractivity contribution in [3.05, 3.63) is 11.7 Å². The third-order valence-electron chi connectivity index (χ3n) is 4.44. The average Bonchev–Trinajstić information content (AvgIpc) is 3.18. The predicted octanol–water partition coefficient (Wildman–Crippen LogP) is 0.397. The summed E-state index contributed by atoms with van der Waals surface area (Å²) in [7, 11) is -3.28. The molecule has 3 rings (SSSR count). The van der Waals surface area contributed by atoms with Gasteiger partial charge >= 0.3 is 0 Å². The Balaban J connectivity index is 1.60. The van der Waals surface area contributed by atoms with E-state index in [0.29, 0.717) is 51.0 Å². The number of aromatic nitrogens is 2. The highest BCUT2D eigenvalue weighted by Gasteiger charge is 2.35. The van der Waals surface area contributed by atoms with E-state index in [1.807, 2.05) is 6.92 Å². The molecule has 0 unspecified atom stereocenters. The third kappa shape index (κ3) is 3.03. The van der Waals surface area contributed by atoms with E-state index in [-0.39, 0.29) is 6.04 Å². The Bertz CT molecular complexity index is 603. The fourth-order valence-corrected chi connectivity index (χ4v) is 4.71. The van der Waals surface area contributed by atoms with E-state index < -0.39 is 10.2 Å². The molecular weight excluding hydrogens is 306 g/mol. The van der Waals surface area contributed by atoms with Gasteiger partial charge in [-0.3, -0.25) is 4.90 Å². The highest BCUT2D eigenvalue weighted by atomic mass is 32.2. The Kier molecular flexibility index (Phi) is 4.49. The second-order valence-electron chi connectivity index (χ2n) is 5.90. The molecule has 0 radical (unpaired) electrons. The van der Waals surface area contributed by atoms with Crippen LogP contribution in [0.2, 0.25) is 0 Å². The van der Waals surface area contributed by atoms with Gasteiger partial charge in [0.25, 0.3) is 10.2 Å². The Labute approximate surface area is 131 Å². The minimum absolute atomic E-state index is 0.0119. The molecule has 0 bridgehead atoms. The molecule has 0 spiro atoms.